The van der Waals surface area contributed by atoms with E-state index in [0.29, 0.717) is 5.41 Å². The SMILES string of the molecule is CC1CCC(=Cc2ccccc2)C1(C)C. The van der Waals surface area contributed by atoms with Gasteiger partial charge in [0.15, 0.2) is 0 Å². The molecule has 2 rings (SSSR count). The van der Waals surface area contributed by atoms with Crippen molar-refractivity contribution < 1.29 is 0 Å². The van der Waals surface area contributed by atoms with E-state index in [1.54, 1.807) is 5.57 Å². The summed E-state index contributed by atoms with van der Waals surface area (Å²) in [5.41, 5.74) is 3.34. The topological polar surface area (TPSA) is 0 Å². The van der Waals surface area contributed by atoms with Gasteiger partial charge in [0.05, 0.1) is 0 Å². The Morgan fingerprint density at radius 3 is 2.40 bits per heavy atom. The standard InChI is InChI=1S/C15H20/c1-12-9-10-14(15(12,2)3)11-13-7-5-4-6-8-13/h4-8,11-12H,9-10H2,1-3H3. The molecule has 1 aliphatic rings. The van der Waals surface area contributed by atoms with E-state index in [4.69, 9.17) is 0 Å². The molecule has 0 aromatic heterocycles. The fourth-order valence-electron chi connectivity index (χ4n) is 2.38. The molecule has 1 aromatic rings. The summed E-state index contributed by atoms with van der Waals surface area (Å²) in [4.78, 5) is 0. The Kier molecular flexibility index (Phi) is 2.68. The summed E-state index contributed by atoms with van der Waals surface area (Å²) in [6.07, 6.45) is 4.98. The fourth-order valence-corrected chi connectivity index (χ4v) is 2.38. The molecule has 80 valence electrons. The van der Waals surface area contributed by atoms with E-state index >= 15 is 0 Å². The third-order valence-electron chi connectivity index (χ3n) is 4.05. The Bertz CT molecular complexity index is 357. The molecule has 0 heterocycles. The number of allylic oxidation sites excluding steroid dienone is 1. The van der Waals surface area contributed by atoms with Crippen molar-refractivity contribution in [2.45, 2.75) is 33.6 Å². The van der Waals surface area contributed by atoms with Crippen molar-refractivity contribution in [3.05, 3.63) is 41.5 Å². The monoisotopic (exact) mass is 200 g/mol. The van der Waals surface area contributed by atoms with Crippen molar-refractivity contribution in [3.63, 3.8) is 0 Å². The van der Waals surface area contributed by atoms with Crippen LogP contribution in [0.15, 0.2) is 35.9 Å². The lowest BCUT2D eigenvalue weighted by Gasteiger charge is -2.25. The van der Waals surface area contributed by atoms with Crippen LogP contribution in [0.25, 0.3) is 6.08 Å². The second-order valence-corrected chi connectivity index (χ2v) is 5.24. The number of hydrogen-bond donors (Lipinski definition) is 0. The van der Waals surface area contributed by atoms with Crippen molar-refractivity contribution in [1.82, 2.24) is 0 Å². The molecular formula is C15H20. The minimum absolute atomic E-state index is 0.385. The fraction of sp³-hybridized carbons (Fsp3) is 0.467. The normalized spacial score (nSPS) is 27.1. The van der Waals surface area contributed by atoms with Gasteiger partial charge in [0.1, 0.15) is 0 Å². The lowest BCUT2D eigenvalue weighted by Crippen LogP contribution is -2.16. The first-order valence-corrected chi connectivity index (χ1v) is 5.87. The van der Waals surface area contributed by atoms with Crippen LogP contribution in [0.3, 0.4) is 0 Å². The molecule has 0 bridgehead atoms. The predicted octanol–water partition coefficient (Wildman–Crippen LogP) is 4.53. The van der Waals surface area contributed by atoms with Crippen LogP contribution >= 0.6 is 0 Å². The van der Waals surface area contributed by atoms with Gasteiger partial charge in [-0.25, -0.2) is 0 Å². The van der Waals surface area contributed by atoms with Gasteiger partial charge in [-0.3, -0.25) is 0 Å². The zero-order valence-electron chi connectivity index (χ0n) is 9.96. The zero-order chi connectivity index (χ0) is 10.9. The van der Waals surface area contributed by atoms with Gasteiger partial charge in [0, 0.05) is 0 Å². The van der Waals surface area contributed by atoms with Gasteiger partial charge in [0.2, 0.25) is 0 Å². The van der Waals surface area contributed by atoms with Gasteiger partial charge >= 0.3 is 0 Å². The van der Waals surface area contributed by atoms with E-state index in [-0.39, 0.29) is 0 Å². The summed E-state index contributed by atoms with van der Waals surface area (Å²) in [7, 11) is 0. The minimum atomic E-state index is 0.385. The molecule has 1 aromatic carbocycles. The van der Waals surface area contributed by atoms with Crippen LogP contribution in [-0.4, -0.2) is 0 Å². The smallest absolute Gasteiger partial charge is 0.0116 e. The number of benzene rings is 1. The van der Waals surface area contributed by atoms with Crippen LogP contribution in [0.1, 0.15) is 39.2 Å². The quantitative estimate of drug-likeness (QED) is 0.625. The summed E-state index contributed by atoms with van der Waals surface area (Å²) >= 11 is 0. The molecule has 0 saturated heterocycles. The average molecular weight is 200 g/mol. The van der Waals surface area contributed by atoms with Gasteiger partial charge in [-0.05, 0) is 29.7 Å². The van der Waals surface area contributed by atoms with Crippen LogP contribution in [0, 0.1) is 11.3 Å². The molecule has 0 radical (unpaired) electrons. The van der Waals surface area contributed by atoms with E-state index < -0.39 is 0 Å². The van der Waals surface area contributed by atoms with Gasteiger partial charge in [-0.15, -0.1) is 0 Å². The van der Waals surface area contributed by atoms with Gasteiger partial charge < -0.3 is 0 Å². The van der Waals surface area contributed by atoms with E-state index in [2.05, 4.69) is 57.2 Å². The van der Waals surface area contributed by atoms with Crippen molar-refractivity contribution in [2.24, 2.45) is 11.3 Å². The highest BCUT2D eigenvalue weighted by Crippen LogP contribution is 2.47. The highest BCUT2D eigenvalue weighted by atomic mass is 14.4. The maximum Gasteiger partial charge on any atom is -0.0116 e. The molecule has 0 N–H and O–H groups in total. The highest BCUT2D eigenvalue weighted by molar-refractivity contribution is 5.55. The van der Waals surface area contributed by atoms with E-state index in [1.165, 1.54) is 18.4 Å². The van der Waals surface area contributed by atoms with Gasteiger partial charge in [-0.1, -0.05) is 62.8 Å². The average Bonchev–Trinajstić information content (AvgIpc) is 2.47. The molecule has 1 atom stereocenters. The van der Waals surface area contributed by atoms with Crippen LogP contribution < -0.4 is 0 Å². The molecule has 1 fully saturated rings. The predicted molar refractivity (Wildman–Crippen MR) is 66.6 cm³/mol. The second kappa shape index (κ2) is 3.84. The molecule has 1 saturated carbocycles. The summed E-state index contributed by atoms with van der Waals surface area (Å²) < 4.78 is 0. The Balaban J connectivity index is 2.29. The van der Waals surface area contributed by atoms with Crippen molar-refractivity contribution in [2.75, 3.05) is 0 Å². The maximum atomic E-state index is 2.38. The molecule has 0 aliphatic heterocycles. The summed E-state index contributed by atoms with van der Waals surface area (Å²) in [6.45, 7) is 7.12. The van der Waals surface area contributed by atoms with Gasteiger partial charge in [-0.2, -0.15) is 0 Å². The van der Waals surface area contributed by atoms with Crippen molar-refractivity contribution >= 4 is 6.08 Å². The molecular weight excluding hydrogens is 180 g/mol. The Labute approximate surface area is 93.0 Å². The molecule has 1 aliphatic carbocycles. The lowest BCUT2D eigenvalue weighted by molar-refractivity contribution is 0.333. The second-order valence-electron chi connectivity index (χ2n) is 5.24. The zero-order valence-corrected chi connectivity index (χ0v) is 9.96. The molecule has 0 nitrogen and oxygen atoms in total. The first-order chi connectivity index (χ1) is 7.10. The molecule has 1 unspecified atom stereocenters. The Morgan fingerprint density at radius 2 is 1.87 bits per heavy atom. The van der Waals surface area contributed by atoms with Crippen LogP contribution in [-0.2, 0) is 0 Å². The lowest BCUT2D eigenvalue weighted by atomic mass is 9.79. The maximum absolute atomic E-state index is 2.38. The van der Waals surface area contributed by atoms with Crippen LogP contribution in [0.5, 0.6) is 0 Å². The van der Waals surface area contributed by atoms with Crippen LogP contribution in [0.4, 0.5) is 0 Å². The van der Waals surface area contributed by atoms with E-state index in [9.17, 15) is 0 Å². The van der Waals surface area contributed by atoms with E-state index in [0.717, 1.165) is 5.92 Å². The third kappa shape index (κ3) is 1.99. The van der Waals surface area contributed by atoms with Crippen molar-refractivity contribution in [1.29, 1.82) is 0 Å². The first kappa shape index (κ1) is 10.5. The summed E-state index contributed by atoms with van der Waals surface area (Å²) in [5.74, 6) is 0.812. The molecule has 0 heteroatoms. The molecule has 0 amide bonds. The van der Waals surface area contributed by atoms with Gasteiger partial charge in [0.25, 0.3) is 0 Å². The Morgan fingerprint density at radius 1 is 1.20 bits per heavy atom. The largest absolute Gasteiger partial charge is 0.0637 e. The van der Waals surface area contributed by atoms with Crippen LogP contribution in [0.2, 0.25) is 0 Å². The Hall–Kier alpha value is -1.04. The highest BCUT2D eigenvalue weighted by Gasteiger charge is 2.35. The summed E-state index contributed by atoms with van der Waals surface area (Å²) in [6, 6.07) is 10.7. The minimum Gasteiger partial charge on any atom is -0.0637 e. The summed E-state index contributed by atoms with van der Waals surface area (Å²) in [5, 5.41) is 0. The number of rotatable bonds is 1. The first-order valence-electron chi connectivity index (χ1n) is 5.87. The van der Waals surface area contributed by atoms with Crippen molar-refractivity contribution in [3.8, 4) is 0 Å². The third-order valence-corrected chi connectivity index (χ3v) is 4.05. The molecule has 0 spiro atoms. The van der Waals surface area contributed by atoms with E-state index in [1.807, 2.05) is 0 Å². The molecule has 15 heavy (non-hydrogen) atoms. The number of hydrogen-bond acceptors (Lipinski definition) is 0.